The highest BCUT2D eigenvalue weighted by molar-refractivity contribution is 6.31. The largest absolute Gasteiger partial charge is 0.383 e. The molecule has 0 aliphatic carbocycles. The van der Waals surface area contributed by atoms with Gasteiger partial charge in [0, 0.05) is 40.8 Å². The lowest BCUT2D eigenvalue weighted by molar-refractivity contribution is 1.04. The van der Waals surface area contributed by atoms with Crippen LogP contribution in [-0.2, 0) is 0 Å². The molecule has 0 fully saturated rings. The van der Waals surface area contributed by atoms with Crippen molar-refractivity contribution in [3.63, 3.8) is 0 Å². The van der Waals surface area contributed by atoms with Crippen LogP contribution in [0.5, 0.6) is 0 Å². The van der Waals surface area contributed by atoms with Crippen LogP contribution in [0.25, 0.3) is 0 Å². The number of hydrogen-bond donors (Lipinski definition) is 2. The fraction of sp³-hybridized carbons (Fsp3) is 0.154. The molecule has 1 aromatic carbocycles. The monoisotopic (exact) mass is 245 g/mol. The van der Waals surface area contributed by atoms with Crippen LogP contribution >= 0.6 is 11.6 Å². The summed E-state index contributed by atoms with van der Waals surface area (Å²) in [6, 6.07) is 7.88. The summed E-state index contributed by atoms with van der Waals surface area (Å²) >= 11 is 6.07. The average Bonchev–Trinajstić information content (AvgIpc) is 2.77. The smallest absolute Gasteiger partial charge is 0.0756 e. The number of hydrogen-bond acceptors (Lipinski definition) is 2. The third kappa shape index (κ3) is 1.94. The van der Waals surface area contributed by atoms with Crippen molar-refractivity contribution in [3.8, 4) is 0 Å². The molecule has 3 nitrogen and oxygen atoms in total. The summed E-state index contributed by atoms with van der Waals surface area (Å²) in [4.78, 5) is 7.68. The number of benzodiazepines with no additional fused rings is 1. The van der Waals surface area contributed by atoms with Gasteiger partial charge >= 0.3 is 0 Å². The molecule has 0 unspecified atom stereocenters. The minimum Gasteiger partial charge on any atom is -0.383 e. The minimum absolute atomic E-state index is 0.732. The molecule has 2 aromatic rings. The maximum Gasteiger partial charge on any atom is 0.0756 e. The lowest BCUT2D eigenvalue weighted by Gasteiger charge is -2.09. The Morgan fingerprint density at radius 2 is 2.18 bits per heavy atom. The molecule has 0 saturated carbocycles. The van der Waals surface area contributed by atoms with Gasteiger partial charge in [-0.1, -0.05) is 11.6 Å². The minimum atomic E-state index is 0.732. The number of fused-ring (bicyclic) bond motifs is 1. The SMILES string of the molecule is Clc1ccc2c(c1)C(c1cc[nH]c1)=NCCN2. The summed E-state index contributed by atoms with van der Waals surface area (Å²) in [5.74, 6) is 0. The van der Waals surface area contributed by atoms with Crippen molar-refractivity contribution in [1.82, 2.24) is 4.98 Å². The molecule has 1 aliphatic rings. The van der Waals surface area contributed by atoms with E-state index in [1.54, 1.807) is 0 Å². The summed E-state index contributed by atoms with van der Waals surface area (Å²) in [5.41, 5.74) is 4.24. The lowest BCUT2D eigenvalue weighted by Crippen LogP contribution is -2.04. The van der Waals surface area contributed by atoms with Crippen LogP contribution in [-0.4, -0.2) is 23.8 Å². The predicted octanol–water partition coefficient (Wildman–Crippen LogP) is 2.93. The van der Waals surface area contributed by atoms with Crippen molar-refractivity contribution in [2.45, 2.75) is 0 Å². The lowest BCUT2D eigenvalue weighted by atomic mass is 10.0. The van der Waals surface area contributed by atoms with E-state index in [-0.39, 0.29) is 0 Å². The zero-order valence-corrected chi connectivity index (χ0v) is 9.96. The number of anilines is 1. The molecule has 3 rings (SSSR count). The number of aliphatic imine (C=N–C) groups is 1. The molecule has 0 atom stereocenters. The molecule has 0 saturated heterocycles. The van der Waals surface area contributed by atoms with Gasteiger partial charge in [-0.2, -0.15) is 0 Å². The molecular formula is C13H12ClN3. The Morgan fingerprint density at radius 1 is 1.24 bits per heavy atom. The standard InChI is InChI=1S/C13H12ClN3/c14-10-1-2-12-11(7-10)13(17-6-5-16-12)9-3-4-15-8-9/h1-4,7-8,15-16H,5-6H2. The molecule has 4 heteroatoms. The summed E-state index contributed by atoms with van der Waals surface area (Å²) in [6.45, 7) is 1.62. The van der Waals surface area contributed by atoms with Crippen molar-refractivity contribution in [2.24, 2.45) is 4.99 Å². The molecule has 2 N–H and O–H groups in total. The number of nitrogens with one attached hydrogen (secondary N) is 2. The Balaban J connectivity index is 2.17. The molecule has 0 spiro atoms. The number of halogens is 1. The molecule has 86 valence electrons. The summed E-state index contributed by atoms with van der Waals surface area (Å²) in [6.07, 6.45) is 3.86. The Labute approximate surface area is 105 Å². The van der Waals surface area contributed by atoms with Crippen molar-refractivity contribution < 1.29 is 0 Å². The molecule has 17 heavy (non-hydrogen) atoms. The van der Waals surface area contributed by atoms with E-state index in [0.29, 0.717) is 0 Å². The van der Waals surface area contributed by atoms with Gasteiger partial charge < -0.3 is 10.3 Å². The van der Waals surface area contributed by atoms with Gasteiger partial charge in [-0.3, -0.25) is 4.99 Å². The third-order valence-corrected chi connectivity index (χ3v) is 3.04. The highest BCUT2D eigenvalue weighted by Gasteiger charge is 2.14. The second kappa shape index (κ2) is 4.26. The van der Waals surface area contributed by atoms with Gasteiger partial charge in [0.1, 0.15) is 0 Å². The van der Waals surface area contributed by atoms with Crippen molar-refractivity contribution >= 4 is 23.0 Å². The van der Waals surface area contributed by atoms with E-state index in [2.05, 4.69) is 15.3 Å². The maximum absolute atomic E-state index is 6.07. The quantitative estimate of drug-likeness (QED) is 0.797. The summed E-state index contributed by atoms with van der Waals surface area (Å²) < 4.78 is 0. The van der Waals surface area contributed by atoms with Crippen LogP contribution in [0.2, 0.25) is 5.02 Å². The second-order valence-electron chi connectivity index (χ2n) is 3.95. The second-order valence-corrected chi connectivity index (χ2v) is 4.38. The van der Waals surface area contributed by atoms with E-state index in [1.807, 2.05) is 36.7 Å². The zero-order valence-electron chi connectivity index (χ0n) is 9.20. The van der Waals surface area contributed by atoms with E-state index < -0.39 is 0 Å². The normalized spacial score (nSPS) is 14.5. The topological polar surface area (TPSA) is 40.2 Å². The van der Waals surface area contributed by atoms with Gasteiger partial charge in [0.25, 0.3) is 0 Å². The van der Waals surface area contributed by atoms with Crippen LogP contribution in [0, 0.1) is 0 Å². The van der Waals surface area contributed by atoms with E-state index in [9.17, 15) is 0 Å². The van der Waals surface area contributed by atoms with Crippen molar-refractivity contribution in [2.75, 3.05) is 18.4 Å². The van der Waals surface area contributed by atoms with Crippen LogP contribution in [0.4, 0.5) is 5.69 Å². The molecule has 1 aromatic heterocycles. The first-order valence-corrected chi connectivity index (χ1v) is 5.94. The number of benzene rings is 1. The van der Waals surface area contributed by atoms with Gasteiger partial charge in [-0.25, -0.2) is 0 Å². The number of aromatic amines is 1. The zero-order chi connectivity index (χ0) is 11.7. The Kier molecular flexibility index (Phi) is 2.61. The fourth-order valence-corrected chi connectivity index (χ4v) is 2.20. The Bertz CT molecular complexity index is 558. The van der Waals surface area contributed by atoms with E-state index in [4.69, 9.17) is 11.6 Å². The number of nitrogens with zero attached hydrogens (tertiary/aromatic N) is 1. The third-order valence-electron chi connectivity index (χ3n) is 2.81. The Hall–Kier alpha value is -1.74. The first kappa shape index (κ1) is 10.4. The molecule has 2 heterocycles. The fourth-order valence-electron chi connectivity index (χ4n) is 2.03. The summed E-state index contributed by atoms with van der Waals surface area (Å²) in [7, 11) is 0. The van der Waals surface area contributed by atoms with Crippen LogP contribution in [0.3, 0.4) is 0 Å². The van der Waals surface area contributed by atoms with Gasteiger partial charge in [0.15, 0.2) is 0 Å². The highest BCUT2D eigenvalue weighted by Crippen LogP contribution is 2.25. The van der Waals surface area contributed by atoms with Crippen molar-refractivity contribution in [1.29, 1.82) is 0 Å². The van der Waals surface area contributed by atoms with Gasteiger partial charge in [-0.15, -0.1) is 0 Å². The maximum atomic E-state index is 6.07. The molecule has 1 aliphatic heterocycles. The molecule has 0 radical (unpaired) electrons. The summed E-state index contributed by atoms with van der Waals surface area (Å²) in [5, 5.41) is 4.09. The van der Waals surface area contributed by atoms with Crippen LogP contribution in [0.15, 0.2) is 41.7 Å². The van der Waals surface area contributed by atoms with E-state index >= 15 is 0 Å². The highest BCUT2D eigenvalue weighted by atomic mass is 35.5. The Morgan fingerprint density at radius 3 is 3.00 bits per heavy atom. The van der Waals surface area contributed by atoms with E-state index in [0.717, 1.165) is 40.6 Å². The van der Waals surface area contributed by atoms with Gasteiger partial charge in [0.2, 0.25) is 0 Å². The average molecular weight is 246 g/mol. The van der Waals surface area contributed by atoms with Gasteiger partial charge in [0.05, 0.1) is 12.3 Å². The molecule has 0 amide bonds. The predicted molar refractivity (Wildman–Crippen MR) is 71.2 cm³/mol. The van der Waals surface area contributed by atoms with E-state index in [1.165, 1.54) is 0 Å². The van der Waals surface area contributed by atoms with Crippen LogP contribution in [0.1, 0.15) is 11.1 Å². The molecular weight excluding hydrogens is 234 g/mol. The number of rotatable bonds is 1. The van der Waals surface area contributed by atoms with Crippen molar-refractivity contribution in [3.05, 3.63) is 52.8 Å². The molecule has 0 bridgehead atoms. The first-order valence-electron chi connectivity index (χ1n) is 5.56. The van der Waals surface area contributed by atoms with Crippen LogP contribution < -0.4 is 5.32 Å². The number of aromatic nitrogens is 1. The number of H-pyrrole nitrogens is 1. The van der Waals surface area contributed by atoms with Gasteiger partial charge in [-0.05, 0) is 24.3 Å². The first-order chi connectivity index (χ1) is 8.34.